The monoisotopic (exact) mass is 419 g/mol. The maximum Gasteiger partial charge on any atom is 0.287 e. The van der Waals surface area contributed by atoms with Gasteiger partial charge in [0.1, 0.15) is 23.9 Å². The lowest BCUT2D eigenvalue weighted by Crippen LogP contribution is -2.14. The average molecular weight is 419 g/mol. The second kappa shape index (κ2) is 8.70. The topological polar surface area (TPSA) is 91.2 Å². The van der Waals surface area contributed by atoms with Gasteiger partial charge < -0.3 is 14.8 Å². The van der Waals surface area contributed by atoms with Crippen molar-refractivity contribution in [1.29, 1.82) is 0 Å². The summed E-state index contributed by atoms with van der Waals surface area (Å²) in [6.45, 7) is 4.59. The van der Waals surface area contributed by atoms with E-state index in [1.165, 1.54) is 30.8 Å². The number of hydrogen-bond acceptors (Lipinski definition) is 6. The van der Waals surface area contributed by atoms with E-state index in [1.807, 2.05) is 6.92 Å². The van der Waals surface area contributed by atoms with Crippen LogP contribution >= 0.6 is 0 Å². The molecule has 3 aromatic rings. The van der Waals surface area contributed by atoms with Crippen LogP contribution in [0.15, 0.2) is 24.4 Å². The molecular formula is C20H23F2N5O3. The van der Waals surface area contributed by atoms with E-state index in [2.05, 4.69) is 20.4 Å². The molecule has 160 valence electrons. The minimum Gasteiger partial charge on any atom is -0.491 e. The van der Waals surface area contributed by atoms with Gasteiger partial charge in [-0.15, -0.1) is 0 Å². The summed E-state index contributed by atoms with van der Waals surface area (Å²) in [4.78, 5) is 19.7. The Morgan fingerprint density at radius 2 is 2.03 bits per heavy atom. The molecule has 0 unspecified atom stereocenters. The molecule has 0 aromatic carbocycles. The summed E-state index contributed by atoms with van der Waals surface area (Å²) in [6.07, 6.45) is 2.20. The first-order valence-corrected chi connectivity index (χ1v) is 9.40. The van der Waals surface area contributed by atoms with E-state index in [4.69, 9.17) is 9.47 Å². The molecule has 0 atom stereocenters. The van der Waals surface area contributed by atoms with Gasteiger partial charge in [0.05, 0.1) is 17.8 Å². The molecule has 0 aliphatic rings. The number of ether oxygens (including phenoxy) is 2. The molecule has 0 spiro atoms. The molecule has 3 rings (SSSR count). The van der Waals surface area contributed by atoms with Crippen LogP contribution in [0, 0.1) is 0 Å². The van der Waals surface area contributed by atoms with Gasteiger partial charge in [0.15, 0.2) is 5.82 Å². The second-order valence-corrected chi connectivity index (χ2v) is 6.76. The highest BCUT2D eigenvalue weighted by molar-refractivity contribution is 5.91. The molecular weight excluding hydrogens is 396 g/mol. The van der Waals surface area contributed by atoms with Gasteiger partial charge in [0, 0.05) is 50.7 Å². The number of aromatic nitrogens is 4. The number of methoxy groups -OCH3 is 1. The number of rotatable bonds is 8. The van der Waals surface area contributed by atoms with Crippen LogP contribution in [0.2, 0.25) is 0 Å². The Morgan fingerprint density at radius 1 is 1.27 bits per heavy atom. The molecule has 0 fully saturated rings. The summed E-state index contributed by atoms with van der Waals surface area (Å²) in [6, 6.07) is 4.37. The maximum atomic E-state index is 14.1. The number of anilines is 1. The molecule has 0 bridgehead atoms. The van der Waals surface area contributed by atoms with Gasteiger partial charge in [0.25, 0.3) is 5.92 Å². The lowest BCUT2D eigenvalue weighted by atomic mass is 10.2. The summed E-state index contributed by atoms with van der Waals surface area (Å²) >= 11 is 0. The third-order valence-electron chi connectivity index (χ3n) is 4.29. The molecule has 0 saturated carbocycles. The predicted molar refractivity (Wildman–Crippen MR) is 107 cm³/mol. The van der Waals surface area contributed by atoms with Crippen LogP contribution < -0.4 is 10.1 Å². The van der Waals surface area contributed by atoms with Gasteiger partial charge in [-0.05, 0) is 6.42 Å². The normalized spacial score (nSPS) is 11.7. The van der Waals surface area contributed by atoms with E-state index < -0.39 is 11.6 Å². The minimum atomic E-state index is -3.17. The van der Waals surface area contributed by atoms with Crippen molar-refractivity contribution in [3.8, 4) is 11.6 Å². The first-order chi connectivity index (χ1) is 14.2. The Balaban J connectivity index is 2.17. The highest BCUT2D eigenvalue weighted by atomic mass is 19.3. The van der Waals surface area contributed by atoms with Crippen molar-refractivity contribution in [3.05, 3.63) is 35.8 Å². The van der Waals surface area contributed by atoms with Crippen molar-refractivity contribution in [1.82, 2.24) is 19.7 Å². The SMILES string of the molecule is CCc1nn(-c2cc(OCCOC)cc(C(C)(F)F)n2)c2cc(NC(C)=O)ncc12. The number of halogens is 2. The van der Waals surface area contributed by atoms with Gasteiger partial charge in [-0.3, -0.25) is 4.79 Å². The number of nitrogens with zero attached hydrogens (tertiary/aromatic N) is 4. The van der Waals surface area contributed by atoms with Gasteiger partial charge >= 0.3 is 0 Å². The lowest BCUT2D eigenvalue weighted by molar-refractivity contribution is -0.114. The molecule has 3 aromatic heterocycles. The summed E-state index contributed by atoms with van der Waals surface area (Å²) in [5.41, 5.74) is 0.868. The van der Waals surface area contributed by atoms with Gasteiger partial charge in [-0.2, -0.15) is 13.9 Å². The van der Waals surface area contributed by atoms with Crippen LogP contribution in [0.3, 0.4) is 0 Å². The Morgan fingerprint density at radius 3 is 2.67 bits per heavy atom. The number of carbonyl (C=O) groups excluding carboxylic acids is 1. The predicted octanol–water partition coefficient (Wildman–Crippen LogP) is 3.47. The Bertz CT molecular complexity index is 1060. The molecule has 0 radical (unpaired) electrons. The quantitative estimate of drug-likeness (QED) is 0.562. The van der Waals surface area contributed by atoms with Crippen molar-refractivity contribution >= 4 is 22.6 Å². The summed E-state index contributed by atoms with van der Waals surface area (Å²) in [5, 5.41) is 7.89. The van der Waals surface area contributed by atoms with E-state index in [0.717, 1.165) is 18.0 Å². The minimum absolute atomic E-state index is 0.172. The number of hydrogen-bond donors (Lipinski definition) is 1. The van der Waals surface area contributed by atoms with Crippen LogP contribution in [-0.4, -0.2) is 46.0 Å². The van der Waals surface area contributed by atoms with Crippen molar-refractivity contribution in [3.63, 3.8) is 0 Å². The fourth-order valence-electron chi connectivity index (χ4n) is 2.91. The number of fused-ring (bicyclic) bond motifs is 1. The number of amides is 1. The smallest absolute Gasteiger partial charge is 0.287 e. The molecule has 1 N–H and O–H groups in total. The standard InChI is InChI=1S/C20H23F2N5O3/c1-5-15-14-11-23-18(24-12(2)28)10-16(14)27(26-15)19-9-13(30-7-6-29-4)8-17(25-19)20(3,21)22/h8-11H,5-7H2,1-4H3,(H,23,24,28). The van der Waals surface area contributed by atoms with Crippen molar-refractivity contribution in [2.45, 2.75) is 33.1 Å². The fourth-order valence-corrected chi connectivity index (χ4v) is 2.91. The van der Waals surface area contributed by atoms with Crippen LogP contribution in [-0.2, 0) is 21.9 Å². The second-order valence-electron chi connectivity index (χ2n) is 6.76. The number of nitrogens with one attached hydrogen (secondary N) is 1. The van der Waals surface area contributed by atoms with E-state index in [0.29, 0.717) is 24.4 Å². The zero-order valence-corrected chi connectivity index (χ0v) is 17.2. The maximum absolute atomic E-state index is 14.1. The highest BCUT2D eigenvalue weighted by Crippen LogP contribution is 2.31. The van der Waals surface area contributed by atoms with E-state index in [1.54, 1.807) is 12.3 Å². The molecule has 30 heavy (non-hydrogen) atoms. The Kier molecular flexibility index (Phi) is 6.25. The zero-order valence-electron chi connectivity index (χ0n) is 17.2. The van der Waals surface area contributed by atoms with E-state index in [9.17, 15) is 13.6 Å². The lowest BCUT2D eigenvalue weighted by Gasteiger charge is -2.15. The van der Waals surface area contributed by atoms with E-state index >= 15 is 0 Å². The molecule has 1 amide bonds. The molecule has 8 nitrogen and oxygen atoms in total. The van der Waals surface area contributed by atoms with Crippen LogP contribution in [0.1, 0.15) is 32.2 Å². The first kappa shape index (κ1) is 21.6. The largest absolute Gasteiger partial charge is 0.491 e. The number of pyridine rings is 2. The Labute approximate surface area is 172 Å². The molecule has 10 heteroatoms. The summed E-state index contributed by atoms with van der Waals surface area (Å²) in [7, 11) is 1.52. The van der Waals surface area contributed by atoms with Crippen LogP contribution in [0.25, 0.3) is 16.7 Å². The van der Waals surface area contributed by atoms with Crippen LogP contribution in [0.4, 0.5) is 14.6 Å². The molecule has 0 saturated heterocycles. The molecule has 0 aliphatic carbocycles. The summed E-state index contributed by atoms with van der Waals surface area (Å²) < 4.78 is 40.1. The number of carbonyl (C=O) groups is 1. The summed E-state index contributed by atoms with van der Waals surface area (Å²) in [5.74, 6) is -2.72. The number of aryl methyl sites for hydroxylation is 1. The van der Waals surface area contributed by atoms with Gasteiger partial charge in [-0.25, -0.2) is 14.6 Å². The van der Waals surface area contributed by atoms with Crippen molar-refractivity contribution < 1.29 is 23.0 Å². The van der Waals surface area contributed by atoms with Crippen molar-refractivity contribution in [2.24, 2.45) is 0 Å². The third-order valence-corrected chi connectivity index (χ3v) is 4.29. The molecule has 3 heterocycles. The fraction of sp³-hybridized carbons (Fsp3) is 0.400. The number of alkyl halides is 2. The van der Waals surface area contributed by atoms with E-state index in [-0.39, 0.29) is 24.1 Å². The first-order valence-electron chi connectivity index (χ1n) is 9.40. The third kappa shape index (κ3) is 4.70. The molecule has 0 aliphatic heterocycles. The Hall–Kier alpha value is -3.14. The van der Waals surface area contributed by atoms with Crippen LogP contribution in [0.5, 0.6) is 5.75 Å². The van der Waals surface area contributed by atoms with Gasteiger partial charge in [-0.1, -0.05) is 6.92 Å². The zero-order chi connectivity index (χ0) is 21.9. The highest BCUT2D eigenvalue weighted by Gasteiger charge is 2.28. The van der Waals surface area contributed by atoms with Gasteiger partial charge in [0.2, 0.25) is 5.91 Å². The van der Waals surface area contributed by atoms with Crippen molar-refractivity contribution in [2.75, 3.05) is 25.6 Å². The average Bonchev–Trinajstić information content (AvgIpc) is 3.05.